The van der Waals surface area contributed by atoms with Crippen LogP contribution in [0.25, 0.3) is 0 Å². The average Bonchev–Trinajstić information content (AvgIpc) is 2.35. The molecule has 3 heteroatoms. The van der Waals surface area contributed by atoms with E-state index in [1.54, 1.807) is 0 Å². The molecule has 0 N–H and O–H groups in total. The fraction of sp³-hybridized carbons (Fsp3) is 0.778. The second-order valence-corrected chi connectivity index (χ2v) is 4.08. The van der Waals surface area contributed by atoms with Gasteiger partial charge in [-0.2, -0.15) is 0 Å². The minimum atomic E-state index is 0.0546. The molecule has 0 aliphatic heterocycles. The maximum absolute atomic E-state index is 4.09. The lowest BCUT2D eigenvalue weighted by atomic mass is 10.1. The van der Waals surface area contributed by atoms with Crippen LogP contribution in [0.5, 0.6) is 0 Å². The van der Waals surface area contributed by atoms with Crippen molar-refractivity contribution in [3.8, 4) is 0 Å². The van der Waals surface area contributed by atoms with E-state index >= 15 is 0 Å². The summed E-state index contributed by atoms with van der Waals surface area (Å²) in [5.74, 6) is 0. The SMILES string of the molecule is CCCc1cn(C(C)(C)C)nn1. The summed E-state index contributed by atoms with van der Waals surface area (Å²) in [7, 11) is 0. The van der Waals surface area contributed by atoms with Crippen molar-refractivity contribution < 1.29 is 0 Å². The molecular formula is C9H17N3. The van der Waals surface area contributed by atoms with Crippen LogP contribution in [0.4, 0.5) is 0 Å². The van der Waals surface area contributed by atoms with Crippen molar-refractivity contribution >= 4 is 0 Å². The highest BCUT2D eigenvalue weighted by molar-refractivity contribution is 4.94. The molecule has 0 amide bonds. The highest BCUT2D eigenvalue weighted by Crippen LogP contribution is 2.12. The molecule has 0 fully saturated rings. The smallest absolute Gasteiger partial charge is 0.0827 e. The van der Waals surface area contributed by atoms with E-state index in [0.29, 0.717) is 0 Å². The average molecular weight is 167 g/mol. The summed E-state index contributed by atoms with van der Waals surface area (Å²) in [6, 6.07) is 0. The largest absolute Gasteiger partial charge is 0.247 e. The summed E-state index contributed by atoms with van der Waals surface area (Å²) in [5.41, 5.74) is 1.14. The summed E-state index contributed by atoms with van der Waals surface area (Å²) < 4.78 is 1.91. The quantitative estimate of drug-likeness (QED) is 0.674. The van der Waals surface area contributed by atoms with Crippen molar-refractivity contribution in [1.82, 2.24) is 15.0 Å². The van der Waals surface area contributed by atoms with Gasteiger partial charge in [-0.05, 0) is 27.2 Å². The fourth-order valence-electron chi connectivity index (χ4n) is 0.997. The highest BCUT2D eigenvalue weighted by atomic mass is 15.4. The first-order chi connectivity index (χ1) is 5.54. The summed E-state index contributed by atoms with van der Waals surface area (Å²) in [5, 5.41) is 8.16. The van der Waals surface area contributed by atoms with Gasteiger partial charge in [0, 0.05) is 6.20 Å². The van der Waals surface area contributed by atoms with E-state index < -0.39 is 0 Å². The topological polar surface area (TPSA) is 30.7 Å². The normalized spacial score (nSPS) is 12.0. The zero-order valence-electron chi connectivity index (χ0n) is 8.33. The van der Waals surface area contributed by atoms with Crippen LogP contribution in [0.1, 0.15) is 39.8 Å². The molecule has 1 aromatic rings. The van der Waals surface area contributed by atoms with E-state index in [1.807, 2.05) is 10.9 Å². The molecule has 0 aromatic carbocycles. The zero-order chi connectivity index (χ0) is 9.19. The third-order valence-corrected chi connectivity index (χ3v) is 1.73. The van der Waals surface area contributed by atoms with Gasteiger partial charge in [0.1, 0.15) is 0 Å². The van der Waals surface area contributed by atoms with Gasteiger partial charge in [0.25, 0.3) is 0 Å². The van der Waals surface area contributed by atoms with E-state index in [1.165, 1.54) is 0 Å². The van der Waals surface area contributed by atoms with Crippen LogP contribution in [-0.4, -0.2) is 15.0 Å². The minimum absolute atomic E-state index is 0.0546. The van der Waals surface area contributed by atoms with E-state index in [-0.39, 0.29) is 5.54 Å². The summed E-state index contributed by atoms with van der Waals surface area (Å²) >= 11 is 0. The second-order valence-electron chi connectivity index (χ2n) is 4.08. The molecule has 0 saturated carbocycles. The maximum Gasteiger partial charge on any atom is 0.0827 e. The van der Waals surface area contributed by atoms with Crippen LogP contribution in [0.3, 0.4) is 0 Å². The predicted octanol–water partition coefficient (Wildman–Crippen LogP) is 1.99. The first-order valence-corrected chi connectivity index (χ1v) is 4.45. The van der Waals surface area contributed by atoms with Gasteiger partial charge >= 0.3 is 0 Å². The third-order valence-electron chi connectivity index (χ3n) is 1.73. The van der Waals surface area contributed by atoms with Gasteiger partial charge in [0.05, 0.1) is 11.2 Å². The Morgan fingerprint density at radius 3 is 2.50 bits per heavy atom. The molecule has 0 aliphatic rings. The van der Waals surface area contributed by atoms with Gasteiger partial charge in [0.2, 0.25) is 0 Å². The van der Waals surface area contributed by atoms with Gasteiger partial charge in [0.15, 0.2) is 0 Å². The Morgan fingerprint density at radius 1 is 1.42 bits per heavy atom. The molecule has 0 aliphatic carbocycles. The summed E-state index contributed by atoms with van der Waals surface area (Å²) in [6.07, 6.45) is 4.18. The van der Waals surface area contributed by atoms with Gasteiger partial charge in [-0.1, -0.05) is 18.6 Å². The first-order valence-electron chi connectivity index (χ1n) is 4.45. The molecule has 0 radical (unpaired) electrons. The minimum Gasteiger partial charge on any atom is -0.247 e. The monoisotopic (exact) mass is 167 g/mol. The number of nitrogens with zero attached hydrogens (tertiary/aromatic N) is 3. The Balaban J connectivity index is 2.77. The van der Waals surface area contributed by atoms with Crippen molar-refractivity contribution in [3.05, 3.63) is 11.9 Å². The molecule has 3 nitrogen and oxygen atoms in total. The van der Waals surface area contributed by atoms with Gasteiger partial charge in [-0.15, -0.1) is 5.10 Å². The van der Waals surface area contributed by atoms with Gasteiger partial charge < -0.3 is 0 Å². The number of hydrogen-bond acceptors (Lipinski definition) is 2. The Bertz CT molecular complexity index is 245. The van der Waals surface area contributed by atoms with E-state index in [9.17, 15) is 0 Å². The van der Waals surface area contributed by atoms with Crippen LogP contribution in [0.2, 0.25) is 0 Å². The van der Waals surface area contributed by atoms with E-state index in [4.69, 9.17) is 0 Å². The van der Waals surface area contributed by atoms with Gasteiger partial charge in [-0.3, -0.25) is 0 Å². The lowest BCUT2D eigenvalue weighted by molar-refractivity contribution is 0.347. The Labute approximate surface area is 73.8 Å². The molecule has 68 valence electrons. The zero-order valence-corrected chi connectivity index (χ0v) is 8.33. The van der Waals surface area contributed by atoms with Crippen LogP contribution < -0.4 is 0 Å². The summed E-state index contributed by atoms with van der Waals surface area (Å²) in [4.78, 5) is 0. The summed E-state index contributed by atoms with van der Waals surface area (Å²) in [6.45, 7) is 8.52. The number of rotatable bonds is 2. The molecule has 1 heterocycles. The second kappa shape index (κ2) is 3.25. The van der Waals surface area contributed by atoms with Crippen molar-refractivity contribution in [1.29, 1.82) is 0 Å². The molecular weight excluding hydrogens is 150 g/mol. The number of aryl methyl sites for hydroxylation is 1. The maximum atomic E-state index is 4.09. The fourth-order valence-corrected chi connectivity index (χ4v) is 0.997. The standard InChI is InChI=1S/C9H17N3/c1-5-6-8-7-12(11-10-8)9(2,3)4/h7H,5-6H2,1-4H3. The lowest BCUT2D eigenvalue weighted by Crippen LogP contribution is -2.22. The van der Waals surface area contributed by atoms with Crippen LogP contribution in [0, 0.1) is 0 Å². The van der Waals surface area contributed by atoms with Crippen LogP contribution >= 0.6 is 0 Å². The van der Waals surface area contributed by atoms with Crippen LogP contribution in [-0.2, 0) is 12.0 Å². The third kappa shape index (κ3) is 2.06. The molecule has 12 heavy (non-hydrogen) atoms. The molecule has 0 bridgehead atoms. The van der Waals surface area contributed by atoms with Crippen molar-refractivity contribution in [2.24, 2.45) is 0 Å². The van der Waals surface area contributed by atoms with E-state index in [0.717, 1.165) is 18.5 Å². The van der Waals surface area contributed by atoms with Crippen molar-refractivity contribution in [2.75, 3.05) is 0 Å². The molecule has 1 aromatic heterocycles. The molecule has 0 spiro atoms. The Morgan fingerprint density at radius 2 is 2.08 bits per heavy atom. The van der Waals surface area contributed by atoms with Gasteiger partial charge in [-0.25, -0.2) is 4.68 Å². The molecule has 0 unspecified atom stereocenters. The number of hydrogen-bond donors (Lipinski definition) is 0. The Kier molecular flexibility index (Phi) is 2.50. The Hall–Kier alpha value is -0.860. The number of aromatic nitrogens is 3. The molecule has 1 rings (SSSR count). The molecule has 0 saturated heterocycles. The highest BCUT2D eigenvalue weighted by Gasteiger charge is 2.14. The van der Waals surface area contributed by atoms with Crippen molar-refractivity contribution in [3.63, 3.8) is 0 Å². The predicted molar refractivity (Wildman–Crippen MR) is 49.0 cm³/mol. The van der Waals surface area contributed by atoms with Crippen LogP contribution in [0.15, 0.2) is 6.20 Å². The van der Waals surface area contributed by atoms with E-state index in [2.05, 4.69) is 38.0 Å². The molecule has 0 atom stereocenters. The lowest BCUT2D eigenvalue weighted by Gasteiger charge is -2.17. The van der Waals surface area contributed by atoms with Crippen molar-refractivity contribution in [2.45, 2.75) is 46.1 Å². The first kappa shape index (κ1) is 9.23.